The van der Waals surface area contributed by atoms with E-state index in [-0.39, 0.29) is 30.7 Å². The third-order valence-corrected chi connectivity index (χ3v) is 6.92. The first-order chi connectivity index (χ1) is 19.2. The van der Waals surface area contributed by atoms with E-state index in [2.05, 4.69) is 4.98 Å². The fraction of sp³-hybridized carbons (Fsp3) is 0.156. The number of nitrogens with zero attached hydrogens (tertiary/aromatic N) is 2. The molecular formula is C32H26F3N3O2. The van der Waals surface area contributed by atoms with Gasteiger partial charge in [0.25, 0.3) is 5.91 Å². The Morgan fingerprint density at radius 1 is 0.950 bits per heavy atom. The number of halogens is 3. The Hall–Kier alpha value is -4.72. The van der Waals surface area contributed by atoms with Crippen LogP contribution in [0.3, 0.4) is 0 Å². The average Bonchev–Trinajstić information content (AvgIpc) is 3.29. The van der Waals surface area contributed by atoms with E-state index in [0.29, 0.717) is 22.4 Å². The van der Waals surface area contributed by atoms with E-state index < -0.39 is 29.3 Å². The molecule has 0 bridgehead atoms. The summed E-state index contributed by atoms with van der Waals surface area (Å²) in [6, 6.07) is 18.6. The van der Waals surface area contributed by atoms with Crippen molar-refractivity contribution in [2.24, 2.45) is 5.73 Å². The fourth-order valence-corrected chi connectivity index (χ4v) is 5.13. The van der Waals surface area contributed by atoms with Gasteiger partial charge in [-0.25, -0.2) is 13.2 Å². The summed E-state index contributed by atoms with van der Waals surface area (Å²) in [5.41, 5.74) is 9.00. The van der Waals surface area contributed by atoms with Crippen LogP contribution in [0.15, 0.2) is 85.2 Å². The normalized spacial score (nSPS) is 12.0. The highest BCUT2D eigenvalue weighted by atomic mass is 19.1. The largest absolute Gasteiger partial charge is 0.366 e. The smallest absolute Gasteiger partial charge is 0.251 e. The number of hydrogen-bond acceptors (Lipinski definition) is 3. The predicted molar refractivity (Wildman–Crippen MR) is 147 cm³/mol. The first kappa shape index (κ1) is 26.9. The van der Waals surface area contributed by atoms with Crippen LogP contribution in [0, 0.1) is 24.4 Å². The van der Waals surface area contributed by atoms with Crippen LogP contribution in [0.1, 0.15) is 39.5 Å². The molecule has 0 unspecified atom stereocenters. The van der Waals surface area contributed by atoms with Gasteiger partial charge in [0, 0.05) is 41.9 Å². The van der Waals surface area contributed by atoms with Crippen LogP contribution in [0.4, 0.5) is 13.2 Å². The van der Waals surface area contributed by atoms with Gasteiger partial charge in [0.2, 0.25) is 0 Å². The highest BCUT2D eigenvalue weighted by Gasteiger charge is 2.23. The monoisotopic (exact) mass is 541 g/mol. The molecule has 2 aromatic heterocycles. The Bertz CT molecular complexity index is 1730. The van der Waals surface area contributed by atoms with Gasteiger partial charge in [0.1, 0.15) is 17.5 Å². The molecule has 5 nitrogen and oxygen atoms in total. The molecule has 0 fully saturated rings. The number of aryl methyl sites for hydroxylation is 1. The third kappa shape index (κ3) is 5.81. The zero-order chi connectivity index (χ0) is 28.4. The van der Waals surface area contributed by atoms with Crippen LogP contribution >= 0.6 is 0 Å². The lowest BCUT2D eigenvalue weighted by atomic mass is 9.86. The Morgan fingerprint density at radius 3 is 2.48 bits per heavy atom. The SMILES string of the molecule is Cc1ccc2c(ccn2CC(=O)C[C@@H](Cc2cc(F)cc(F)c2)c2ncccc2-c2ccc(F)c(C(N)=O)c2)c1. The second-order valence-electron chi connectivity index (χ2n) is 9.92. The molecule has 0 aliphatic heterocycles. The number of primary amides is 1. The molecule has 2 heterocycles. The fourth-order valence-electron chi connectivity index (χ4n) is 5.13. The molecule has 1 atom stereocenters. The summed E-state index contributed by atoms with van der Waals surface area (Å²) in [6.45, 7) is 2.10. The lowest BCUT2D eigenvalue weighted by Gasteiger charge is -2.20. The summed E-state index contributed by atoms with van der Waals surface area (Å²) in [7, 11) is 0. The Balaban J connectivity index is 1.52. The Kier molecular flexibility index (Phi) is 7.51. The van der Waals surface area contributed by atoms with Gasteiger partial charge in [-0.3, -0.25) is 14.6 Å². The van der Waals surface area contributed by atoms with Crippen molar-refractivity contribution in [3.05, 3.63) is 125 Å². The van der Waals surface area contributed by atoms with Crippen molar-refractivity contribution in [1.82, 2.24) is 9.55 Å². The number of benzene rings is 3. The van der Waals surface area contributed by atoms with Gasteiger partial charge < -0.3 is 10.3 Å². The van der Waals surface area contributed by atoms with Crippen LogP contribution in [0.5, 0.6) is 0 Å². The molecule has 0 spiro atoms. The van der Waals surface area contributed by atoms with Gasteiger partial charge in [-0.2, -0.15) is 0 Å². The highest BCUT2D eigenvalue weighted by Crippen LogP contribution is 2.33. The van der Waals surface area contributed by atoms with Crippen LogP contribution in [-0.4, -0.2) is 21.2 Å². The van der Waals surface area contributed by atoms with Crippen molar-refractivity contribution in [1.29, 1.82) is 0 Å². The quantitative estimate of drug-likeness (QED) is 0.231. The maximum atomic E-state index is 14.2. The van der Waals surface area contributed by atoms with Crippen molar-refractivity contribution in [3.63, 3.8) is 0 Å². The molecule has 0 radical (unpaired) electrons. The number of hydrogen-bond donors (Lipinski definition) is 1. The Labute approximate surface area is 229 Å². The molecule has 202 valence electrons. The average molecular weight is 542 g/mol. The summed E-state index contributed by atoms with van der Waals surface area (Å²) in [6.07, 6.45) is 3.56. The van der Waals surface area contributed by atoms with Gasteiger partial charge in [-0.15, -0.1) is 0 Å². The van der Waals surface area contributed by atoms with E-state index in [1.807, 2.05) is 42.0 Å². The van der Waals surface area contributed by atoms with Crippen molar-refractivity contribution < 1.29 is 22.8 Å². The predicted octanol–water partition coefficient (Wildman–Crippen LogP) is 6.51. The van der Waals surface area contributed by atoms with E-state index in [1.165, 1.54) is 24.3 Å². The van der Waals surface area contributed by atoms with E-state index in [4.69, 9.17) is 5.73 Å². The summed E-state index contributed by atoms with van der Waals surface area (Å²) in [4.78, 5) is 29.8. The molecule has 5 aromatic rings. The zero-order valence-electron chi connectivity index (χ0n) is 21.7. The molecule has 0 aliphatic carbocycles. The number of aromatic nitrogens is 2. The van der Waals surface area contributed by atoms with Crippen LogP contribution in [-0.2, 0) is 17.8 Å². The molecule has 5 rings (SSSR count). The molecule has 0 aliphatic rings. The zero-order valence-corrected chi connectivity index (χ0v) is 21.7. The molecule has 1 amide bonds. The van der Waals surface area contributed by atoms with E-state index in [0.717, 1.165) is 28.6 Å². The summed E-state index contributed by atoms with van der Waals surface area (Å²) >= 11 is 0. The maximum Gasteiger partial charge on any atom is 0.251 e. The molecule has 0 saturated carbocycles. The van der Waals surface area contributed by atoms with Gasteiger partial charge in [-0.1, -0.05) is 23.8 Å². The number of rotatable bonds is 9. The lowest BCUT2D eigenvalue weighted by Crippen LogP contribution is -2.17. The number of nitrogens with two attached hydrogens (primary N) is 1. The van der Waals surface area contributed by atoms with Crippen molar-refractivity contribution in [2.45, 2.75) is 32.2 Å². The van der Waals surface area contributed by atoms with E-state index in [1.54, 1.807) is 18.3 Å². The molecular weight excluding hydrogens is 515 g/mol. The molecule has 40 heavy (non-hydrogen) atoms. The Morgan fingerprint density at radius 2 is 1.73 bits per heavy atom. The van der Waals surface area contributed by atoms with Crippen molar-refractivity contribution in [2.75, 3.05) is 0 Å². The third-order valence-electron chi connectivity index (χ3n) is 6.92. The minimum atomic E-state index is -0.916. The summed E-state index contributed by atoms with van der Waals surface area (Å²) in [5.74, 6) is -3.79. The summed E-state index contributed by atoms with van der Waals surface area (Å²) in [5, 5.41) is 1.02. The van der Waals surface area contributed by atoms with Gasteiger partial charge in [0.15, 0.2) is 5.78 Å². The molecule has 8 heteroatoms. The van der Waals surface area contributed by atoms with Crippen molar-refractivity contribution in [3.8, 4) is 11.1 Å². The number of carbonyl (C=O) groups excluding carboxylic acids is 2. The summed E-state index contributed by atoms with van der Waals surface area (Å²) < 4.78 is 44.2. The highest BCUT2D eigenvalue weighted by molar-refractivity contribution is 5.94. The standard InChI is InChI=1S/C32H26F3N3O2/c1-19-4-7-30-22(11-19)8-10-38(30)18-26(39)15-23(12-20-13-24(33)17-25(34)14-20)31-27(3-2-9-37-31)21-5-6-29(35)28(16-21)32(36)40/h2-11,13-14,16-17,23H,12,15,18H2,1H3,(H2,36,40)/t23-/m1/s1. The minimum absolute atomic E-state index is 0.0253. The number of amides is 1. The minimum Gasteiger partial charge on any atom is -0.366 e. The number of fused-ring (bicyclic) bond motifs is 1. The second kappa shape index (κ2) is 11.2. The number of ketones is 1. The number of carbonyl (C=O) groups is 2. The molecule has 3 aromatic carbocycles. The van der Waals surface area contributed by atoms with Crippen LogP contribution in [0.25, 0.3) is 22.0 Å². The van der Waals surface area contributed by atoms with Crippen LogP contribution in [0.2, 0.25) is 0 Å². The first-order valence-corrected chi connectivity index (χ1v) is 12.7. The van der Waals surface area contributed by atoms with Gasteiger partial charge in [0.05, 0.1) is 17.8 Å². The van der Waals surface area contributed by atoms with E-state index >= 15 is 0 Å². The lowest BCUT2D eigenvalue weighted by molar-refractivity contribution is -0.120. The van der Waals surface area contributed by atoms with Crippen molar-refractivity contribution >= 4 is 22.6 Å². The second-order valence-corrected chi connectivity index (χ2v) is 9.92. The topological polar surface area (TPSA) is 78.0 Å². The van der Waals surface area contributed by atoms with Gasteiger partial charge in [-0.05, 0) is 78.4 Å². The number of pyridine rings is 1. The van der Waals surface area contributed by atoms with Gasteiger partial charge >= 0.3 is 0 Å². The molecule has 0 saturated heterocycles. The van der Waals surface area contributed by atoms with E-state index in [9.17, 15) is 22.8 Å². The maximum absolute atomic E-state index is 14.2. The first-order valence-electron chi connectivity index (χ1n) is 12.7. The molecule has 2 N–H and O–H groups in total. The number of Topliss-reactive ketones (excluding diaryl/α,β-unsaturated/α-hetero) is 1. The van der Waals surface area contributed by atoms with Crippen LogP contribution < -0.4 is 5.73 Å².